The first kappa shape index (κ1) is 30.2. The summed E-state index contributed by atoms with van der Waals surface area (Å²) in [5.74, 6) is 0.109. The molecule has 40 heavy (non-hydrogen) atoms. The molecular formula is C33H41ClN2O4. The molecular weight excluding hydrogens is 524 g/mol. The molecule has 3 N–H and O–H groups in total. The van der Waals surface area contributed by atoms with Crippen LogP contribution in [-0.2, 0) is 32.9 Å². The molecule has 1 aliphatic heterocycles. The zero-order valence-corrected chi connectivity index (χ0v) is 24.5. The van der Waals surface area contributed by atoms with Gasteiger partial charge in [-0.15, -0.1) is 0 Å². The lowest BCUT2D eigenvalue weighted by Gasteiger charge is -2.41. The Kier molecular flexibility index (Phi) is 10.8. The monoisotopic (exact) mass is 564 g/mol. The Morgan fingerprint density at radius 3 is 2.65 bits per heavy atom. The number of halogens is 1. The number of amides is 1. The first-order valence-electron chi connectivity index (χ1n) is 14.0. The van der Waals surface area contributed by atoms with Gasteiger partial charge in [0, 0.05) is 44.0 Å². The molecule has 1 fully saturated rings. The van der Waals surface area contributed by atoms with E-state index in [9.17, 15) is 9.90 Å². The third-order valence-electron chi connectivity index (χ3n) is 7.66. The highest BCUT2D eigenvalue weighted by atomic mass is 35.5. The lowest BCUT2D eigenvalue weighted by Crippen LogP contribution is -2.46. The van der Waals surface area contributed by atoms with Crippen LogP contribution >= 0.6 is 11.6 Å². The van der Waals surface area contributed by atoms with Crippen molar-refractivity contribution in [3.63, 3.8) is 0 Å². The van der Waals surface area contributed by atoms with E-state index in [2.05, 4.69) is 35.8 Å². The Morgan fingerprint density at radius 2 is 1.93 bits per heavy atom. The van der Waals surface area contributed by atoms with Gasteiger partial charge in [0.05, 0.1) is 25.4 Å². The first-order valence-corrected chi connectivity index (χ1v) is 14.4. The van der Waals surface area contributed by atoms with Crippen molar-refractivity contribution in [3.8, 4) is 11.1 Å². The maximum Gasteiger partial charge on any atom is 0.216 e. The van der Waals surface area contributed by atoms with Crippen LogP contribution in [0.2, 0.25) is 5.02 Å². The number of nitrogens with one attached hydrogen (secondary N) is 2. The summed E-state index contributed by atoms with van der Waals surface area (Å²) in [5.41, 5.74) is 5.10. The first-order chi connectivity index (χ1) is 19.3. The van der Waals surface area contributed by atoms with Crippen LogP contribution in [0.3, 0.4) is 0 Å². The lowest BCUT2D eigenvalue weighted by molar-refractivity contribution is -0.118. The van der Waals surface area contributed by atoms with Crippen molar-refractivity contribution in [2.45, 2.75) is 44.8 Å². The predicted octanol–water partition coefficient (Wildman–Crippen LogP) is 5.45. The summed E-state index contributed by atoms with van der Waals surface area (Å²) in [6, 6.07) is 22.4. The highest BCUT2D eigenvalue weighted by molar-refractivity contribution is 6.31. The second kappa shape index (κ2) is 14.2. The van der Waals surface area contributed by atoms with E-state index >= 15 is 0 Å². The summed E-state index contributed by atoms with van der Waals surface area (Å²) in [5, 5.41) is 19.0. The van der Waals surface area contributed by atoms with Gasteiger partial charge in [-0.1, -0.05) is 79.2 Å². The summed E-state index contributed by atoms with van der Waals surface area (Å²) in [4.78, 5) is 11.3. The van der Waals surface area contributed by atoms with E-state index in [4.69, 9.17) is 21.1 Å². The number of benzene rings is 3. The summed E-state index contributed by atoms with van der Waals surface area (Å²) in [7, 11) is 1.70. The molecule has 1 aliphatic rings. The van der Waals surface area contributed by atoms with E-state index in [0.29, 0.717) is 50.3 Å². The van der Waals surface area contributed by atoms with Crippen LogP contribution in [0.15, 0.2) is 66.7 Å². The van der Waals surface area contributed by atoms with Gasteiger partial charge in [0.15, 0.2) is 0 Å². The third-order valence-corrected chi connectivity index (χ3v) is 7.98. The molecule has 1 amide bonds. The molecule has 0 unspecified atom stereocenters. The smallest absolute Gasteiger partial charge is 0.216 e. The van der Waals surface area contributed by atoms with Crippen molar-refractivity contribution < 1.29 is 19.4 Å². The molecule has 1 saturated heterocycles. The number of aliphatic hydroxyl groups is 1. The van der Waals surface area contributed by atoms with Crippen molar-refractivity contribution in [2.24, 2.45) is 5.92 Å². The van der Waals surface area contributed by atoms with Crippen molar-refractivity contribution in [3.05, 3.63) is 94.0 Å². The minimum Gasteiger partial charge on any atom is -0.384 e. The quantitative estimate of drug-likeness (QED) is 0.273. The molecule has 214 valence electrons. The van der Waals surface area contributed by atoms with Gasteiger partial charge in [-0.3, -0.25) is 4.79 Å². The molecule has 3 aromatic rings. The summed E-state index contributed by atoms with van der Waals surface area (Å²) >= 11 is 6.93. The molecule has 0 saturated carbocycles. The molecule has 0 spiro atoms. The van der Waals surface area contributed by atoms with Crippen LogP contribution < -0.4 is 10.6 Å². The number of ether oxygens (including phenoxy) is 2. The Hall–Kier alpha value is -2.74. The standard InChI is InChI=1S/C33H41ClN2O4/c1-23(20-39-3)21-40-22-25-8-11-28(12-9-25)33(38)15-17-35-19-31(33)30-13-10-27(18-32(30)34)29-7-5-4-6-26(29)14-16-36-24(2)37/h4-13,18,23,31,35,38H,14-17,19-22H2,1-3H3,(H,36,37)/t23-,31+,33-/m0/s1. The van der Waals surface area contributed by atoms with Gasteiger partial charge in [0.25, 0.3) is 0 Å². The van der Waals surface area contributed by atoms with Crippen LogP contribution in [0.1, 0.15) is 48.4 Å². The van der Waals surface area contributed by atoms with Gasteiger partial charge in [-0.25, -0.2) is 0 Å². The summed E-state index contributed by atoms with van der Waals surface area (Å²) in [6.45, 7) is 7.41. The van der Waals surface area contributed by atoms with E-state index in [-0.39, 0.29) is 11.8 Å². The number of piperidine rings is 1. The maximum atomic E-state index is 12.1. The zero-order valence-electron chi connectivity index (χ0n) is 23.7. The van der Waals surface area contributed by atoms with Gasteiger partial charge < -0.3 is 25.2 Å². The number of hydrogen-bond acceptors (Lipinski definition) is 5. The van der Waals surface area contributed by atoms with Gasteiger partial charge in [-0.05, 0) is 58.8 Å². The van der Waals surface area contributed by atoms with Crippen molar-refractivity contribution in [1.82, 2.24) is 10.6 Å². The van der Waals surface area contributed by atoms with E-state index < -0.39 is 5.60 Å². The van der Waals surface area contributed by atoms with Crippen molar-refractivity contribution >= 4 is 17.5 Å². The largest absolute Gasteiger partial charge is 0.384 e. The van der Waals surface area contributed by atoms with E-state index in [1.807, 2.05) is 48.5 Å². The molecule has 1 heterocycles. The van der Waals surface area contributed by atoms with Crippen LogP contribution in [0.25, 0.3) is 11.1 Å². The van der Waals surface area contributed by atoms with E-state index in [1.165, 1.54) is 6.92 Å². The second-order valence-electron chi connectivity index (χ2n) is 10.8. The fourth-order valence-corrected chi connectivity index (χ4v) is 5.86. The molecule has 4 rings (SSSR count). The van der Waals surface area contributed by atoms with Crippen molar-refractivity contribution in [2.75, 3.05) is 40.0 Å². The fourth-order valence-electron chi connectivity index (χ4n) is 5.55. The fraction of sp³-hybridized carbons (Fsp3) is 0.424. The van der Waals surface area contributed by atoms with Gasteiger partial charge >= 0.3 is 0 Å². The Bertz CT molecular complexity index is 1270. The highest BCUT2D eigenvalue weighted by Crippen LogP contribution is 2.44. The lowest BCUT2D eigenvalue weighted by atomic mass is 9.73. The molecule has 0 aromatic heterocycles. The van der Waals surface area contributed by atoms with E-state index in [1.54, 1.807) is 7.11 Å². The SMILES string of the molecule is COC[C@H](C)COCc1ccc([C@@]2(O)CCNC[C@@H]2c2ccc(-c3ccccc3CCNC(C)=O)cc2Cl)cc1. The topological polar surface area (TPSA) is 79.8 Å². The molecule has 0 aliphatic carbocycles. The number of hydrogen-bond donors (Lipinski definition) is 3. The number of rotatable bonds is 12. The zero-order chi connectivity index (χ0) is 28.5. The minimum absolute atomic E-state index is 0.0333. The van der Waals surface area contributed by atoms with Gasteiger partial charge in [0.1, 0.15) is 0 Å². The van der Waals surface area contributed by atoms with Crippen LogP contribution in [0, 0.1) is 5.92 Å². The molecule has 3 atom stereocenters. The van der Waals surface area contributed by atoms with Crippen LogP contribution in [0.4, 0.5) is 0 Å². The average Bonchev–Trinajstić information content (AvgIpc) is 2.94. The predicted molar refractivity (Wildman–Crippen MR) is 161 cm³/mol. The normalized spacial score (nSPS) is 19.8. The van der Waals surface area contributed by atoms with Gasteiger partial charge in [-0.2, -0.15) is 0 Å². The summed E-state index contributed by atoms with van der Waals surface area (Å²) < 4.78 is 11.0. The molecule has 6 nitrogen and oxygen atoms in total. The summed E-state index contributed by atoms with van der Waals surface area (Å²) in [6.07, 6.45) is 1.32. The Balaban J connectivity index is 1.52. The molecule has 0 radical (unpaired) electrons. The van der Waals surface area contributed by atoms with E-state index in [0.717, 1.165) is 46.3 Å². The molecule has 7 heteroatoms. The Labute approximate surface area is 243 Å². The number of carbonyl (C=O) groups excluding carboxylic acids is 1. The Morgan fingerprint density at radius 1 is 1.15 bits per heavy atom. The second-order valence-corrected chi connectivity index (χ2v) is 11.2. The average molecular weight is 565 g/mol. The van der Waals surface area contributed by atoms with Crippen LogP contribution in [0.5, 0.6) is 0 Å². The van der Waals surface area contributed by atoms with Gasteiger partial charge in [0.2, 0.25) is 5.91 Å². The maximum absolute atomic E-state index is 12.1. The number of methoxy groups -OCH3 is 1. The number of carbonyl (C=O) groups is 1. The molecule has 3 aromatic carbocycles. The minimum atomic E-state index is -1.04. The third kappa shape index (κ3) is 7.50. The highest BCUT2D eigenvalue weighted by Gasteiger charge is 2.42. The van der Waals surface area contributed by atoms with Crippen LogP contribution in [-0.4, -0.2) is 51.0 Å². The van der Waals surface area contributed by atoms with Crippen molar-refractivity contribution in [1.29, 1.82) is 0 Å². The molecule has 0 bridgehead atoms.